The Morgan fingerprint density at radius 2 is 0.662 bits per heavy atom. The maximum absolute atomic E-state index is 13.3. The van der Waals surface area contributed by atoms with Crippen molar-refractivity contribution in [2.45, 2.75) is 197 Å². The fraction of sp³-hybridized carbons (Fsp3) is 0.745. The molecule has 0 aromatic rings. The van der Waals surface area contributed by atoms with Crippen molar-refractivity contribution >= 4 is 77.2 Å². The average molecular weight is 1100 g/mol. The van der Waals surface area contributed by atoms with Gasteiger partial charge in [-0.2, -0.15) is 0 Å². The number of likely N-dealkylation sites (N-methyl/N-ethyl adjacent to an activating group) is 5. The third-order valence-electron chi connectivity index (χ3n) is 13.7. The van der Waals surface area contributed by atoms with Gasteiger partial charge in [-0.25, -0.2) is 28.8 Å². The zero-order valence-electron chi connectivity index (χ0n) is 46.1. The Morgan fingerprint density at radius 1 is 0.377 bits per heavy atom. The Labute approximate surface area is 450 Å². The number of nitrogens with one attached hydrogen (secondary N) is 2. The fourth-order valence-corrected chi connectivity index (χ4v) is 8.46. The van der Waals surface area contributed by atoms with Crippen LogP contribution in [0.4, 0.5) is 0 Å². The first-order valence-corrected chi connectivity index (χ1v) is 26.2. The topological polar surface area (TPSA) is 373 Å². The highest BCUT2D eigenvalue weighted by atomic mass is 16.5. The molecule has 0 aliphatic heterocycles. The molecule has 77 heavy (non-hydrogen) atoms. The molecule has 0 saturated heterocycles. The van der Waals surface area contributed by atoms with E-state index in [1.165, 1.54) is 59.7 Å². The molecule has 0 radical (unpaired) electrons. The minimum Gasteiger partial charge on any atom is -0.480 e. The van der Waals surface area contributed by atoms with E-state index < -0.39 is 171 Å². The van der Waals surface area contributed by atoms with Crippen LogP contribution in [-0.2, 0) is 67.1 Å². The quantitative estimate of drug-likeness (QED) is 0.0341. The maximum atomic E-state index is 13.3. The number of carboxylic acid groups (broad SMARTS) is 5. The second-order valence-electron chi connectivity index (χ2n) is 19.1. The van der Waals surface area contributed by atoms with Gasteiger partial charge in [0, 0.05) is 87.2 Å². The summed E-state index contributed by atoms with van der Waals surface area (Å²) < 4.78 is 4.72. The van der Waals surface area contributed by atoms with Gasteiger partial charge in [0.25, 0.3) is 0 Å². The van der Waals surface area contributed by atoms with E-state index in [2.05, 4.69) is 17.6 Å². The number of carbonyl (C=O) groups excluding carboxylic acids is 8. The predicted octanol–water partition coefficient (Wildman–Crippen LogP) is 2.33. The number of esters is 1. The zero-order chi connectivity index (χ0) is 58.9. The lowest BCUT2D eigenvalue weighted by Crippen LogP contribution is -2.47. The molecule has 438 valence electrons. The van der Waals surface area contributed by atoms with Crippen LogP contribution in [0.2, 0.25) is 0 Å². The van der Waals surface area contributed by atoms with Crippen LogP contribution in [0.5, 0.6) is 0 Å². The lowest BCUT2D eigenvalue weighted by atomic mass is 10.0. The van der Waals surface area contributed by atoms with E-state index in [1.54, 1.807) is 0 Å². The maximum Gasteiger partial charge on any atom is 0.328 e. The molecule has 0 fully saturated rings. The highest BCUT2D eigenvalue weighted by molar-refractivity contribution is 5.90. The second kappa shape index (κ2) is 37.8. The number of rotatable bonds is 42. The molecule has 6 unspecified atom stereocenters. The smallest absolute Gasteiger partial charge is 0.328 e. The number of hydrogen-bond acceptors (Lipinski definition) is 14. The van der Waals surface area contributed by atoms with Crippen molar-refractivity contribution in [3.63, 3.8) is 0 Å². The largest absolute Gasteiger partial charge is 0.480 e. The zero-order valence-corrected chi connectivity index (χ0v) is 46.1. The first-order chi connectivity index (χ1) is 36.2. The van der Waals surface area contributed by atoms with Crippen molar-refractivity contribution in [2.24, 2.45) is 0 Å². The molecular formula is C51H85N7O19. The molecule has 0 aromatic heterocycles. The molecular weight excluding hydrogens is 1010 g/mol. The van der Waals surface area contributed by atoms with E-state index in [9.17, 15) is 87.9 Å². The van der Waals surface area contributed by atoms with Crippen molar-refractivity contribution in [3.05, 3.63) is 0 Å². The summed E-state index contributed by atoms with van der Waals surface area (Å²) in [4.78, 5) is 168. The molecule has 0 heterocycles. The summed E-state index contributed by atoms with van der Waals surface area (Å²) in [6.45, 7) is 2.18. The van der Waals surface area contributed by atoms with Gasteiger partial charge in [0.05, 0.1) is 7.11 Å². The van der Waals surface area contributed by atoms with Crippen LogP contribution >= 0.6 is 0 Å². The SMILES string of the molecule is CCCCCCCCCCCCCC(=O)N(C)C(CCC(=O)N(C)C(CCC(=O)N(C)C(CCC(=O)N(C)C(CCC(=O)NC(CCC(=O)N(C)C(CCC(=O)NC)C(=O)OC)C(=O)O)C(=O)O)C(=O)O)C(=O)O)C(=O)O. The normalized spacial score (nSPS) is 13.2. The summed E-state index contributed by atoms with van der Waals surface area (Å²) in [5, 5.41) is 54.1. The van der Waals surface area contributed by atoms with Crippen molar-refractivity contribution in [3.8, 4) is 0 Å². The van der Waals surface area contributed by atoms with E-state index >= 15 is 0 Å². The summed E-state index contributed by atoms with van der Waals surface area (Å²) >= 11 is 0. The molecule has 0 aromatic carbocycles. The molecule has 6 atom stereocenters. The van der Waals surface area contributed by atoms with Crippen LogP contribution in [0, 0.1) is 0 Å². The minimum absolute atomic E-state index is 0.0973. The van der Waals surface area contributed by atoms with E-state index in [0.717, 1.165) is 78.4 Å². The van der Waals surface area contributed by atoms with Crippen LogP contribution in [0.15, 0.2) is 0 Å². The molecule has 7 amide bonds. The van der Waals surface area contributed by atoms with Gasteiger partial charge in [-0.05, 0) is 44.9 Å². The minimum atomic E-state index is -1.67. The highest BCUT2D eigenvalue weighted by Gasteiger charge is 2.35. The molecule has 0 rings (SSSR count). The lowest BCUT2D eigenvalue weighted by molar-refractivity contribution is -0.153. The number of amides is 7. The average Bonchev–Trinajstić information content (AvgIpc) is 3.37. The predicted molar refractivity (Wildman–Crippen MR) is 275 cm³/mol. The van der Waals surface area contributed by atoms with Crippen molar-refractivity contribution in [1.82, 2.24) is 35.1 Å². The first-order valence-electron chi connectivity index (χ1n) is 26.2. The Hall–Kier alpha value is -6.89. The lowest BCUT2D eigenvalue weighted by Gasteiger charge is -2.29. The molecule has 0 bridgehead atoms. The van der Waals surface area contributed by atoms with E-state index in [1.807, 2.05) is 0 Å². The standard InChI is InChI=1S/C51H85N7O19/c1-9-10-11-12-13-14-15-16-17-18-19-20-41(61)54(3)35(48(70)71)24-30-44(64)56(5)37(50(74)75)26-32-45(65)57(6)36(49(72)73)25-31-43(63)55(4)34(47(68)69)22-28-40(60)53-33(46(66)67)21-29-42(62)58(7)38(51(76)77-8)23-27-39(59)52-2/h33-38H,9-32H2,1-8H3,(H,52,59)(H,53,60)(H,66,67)(H,68,69)(H,70,71)(H,72,73)(H,74,75). The van der Waals surface area contributed by atoms with Crippen LogP contribution in [0.25, 0.3) is 0 Å². The van der Waals surface area contributed by atoms with Crippen LogP contribution in [0.1, 0.15) is 161 Å². The van der Waals surface area contributed by atoms with Gasteiger partial charge in [-0.1, -0.05) is 71.1 Å². The Kier molecular flexibility index (Phi) is 34.4. The van der Waals surface area contributed by atoms with Crippen LogP contribution < -0.4 is 10.6 Å². The number of aliphatic carboxylic acids is 5. The van der Waals surface area contributed by atoms with Gasteiger partial charge in [0.15, 0.2) is 0 Å². The molecule has 26 nitrogen and oxygen atoms in total. The third kappa shape index (κ3) is 26.6. The summed E-state index contributed by atoms with van der Waals surface area (Å²) in [5.74, 6) is -13.4. The Balaban J connectivity index is 5.41. The second-order valence-corrected chi connectivity index (χ2v) is 19.1. The van der Waals surface area contributed by atoms with Crippen molar-refractivity contribution in [1.29, 1.82) is 0 Å². The number of unbranched alkanes of at least 4 members (excludes halogenated alkanes) is 10. The van der Waals surface area contributed by atoms with Crippen molar-refractivity contribution < 1.29 is 92.6 Å². The summed E-state index contributed by atoms with van der Waals surface area (Å²) in [6.07, 6.45) is 6.61. The van der Waals surface area contributed by atoms with Gasteiger partial charge in [0.2, 0.25) is 41.4 Å². The Morgan fingerprint density at radius 3 is 0.987 bits per heavy atom. The van der Waals surface area contributed by atoms with Gasteiger partial charge < -0.3 is 65.4 Å². The monoisotopic (exact) mass is 1100 g/mol. The van der Waals surface area contributed by atoms with Crippen LogP contribution in [-0.4, -0.2) is 213 Å². The van der Waals surface area contributed by atoms with E-state index in [4.69, 9.17) is 4.74 Å². The van der Waals surface area contributed by atoms with Gasteiger partial charge in [-0.15, -0.1) is 0 Å². The Bertz CT molecular complexity index is 2000. The highest BCUT2D eigenvalue weighted by Crippen LogP contribution is 2.19. The number of nitrogens with zero attached hydrogens (tertiary/aromatic N) is 5. The van der Waals surface area contributed by atoms with Gasteiger partial charge in [-0.3, -0.25) is 33.6 Å². The van der Waals surface area contributed by atoms with Gasteiger partial charge in [0.1, 0.15) is 36.3 Å². The molecule has 26 heteroatoms. The number of carbonyl (C=O) groups is 13. The van der Waals surface area contributed by atoms with Crippen molar-refractivity contribution in [2.75, 3.05) is 49.4 Å². The summed E-state index contributed by atoms with van der Waals surface area (Å²) in [6, 6.07) is -9.14. The van der Waals surface area contributed by atoms with E-state index in [-0.39, 0.29) is 25.7 Å². The number of ether oxygens (including phenoxy) is 1. The molecule has 0 aliphatic carbocycles. The summed E-state index contributed by atoms with van der Waals surface area (Å²) in [7, 11) is 8.37. The molecule has 0 saturated carbocycles. The fourth-order valence-electron chi connectivity index (χ4n) is 8.46. The first kappa shape index (κ1) is 70.1. The summed E-state index contributed by atoms with van der Waals surface area (Å²) in [5.41, 5.74) is 0. The molecule has 0 aliphatic rings. The number of hydrogen-bond donors (Lipinski definition) is 7. The third-order valence-corrected chi connectivity index (χ3v) is 13.7. The molecule has 0 spiro atoms. The van der Waals surface area contributed by atoms with Crippen LogP contribution in [0.3, 0.4) is 0 Å². The van der Waals surface area contributed by atoms with E-state index in [0.29, 0.717) is 6.42 Å². The van der Waals surface area contributed by atoms with Gasteiger partial charge >= 0.3 is 35.8 Å². The number of methoxy groups -OCH3 is 1. The molecule has 7 N–H and O–H groups in total. The number of carboxylic acids is 5.